The van der Waals surface area contributed by atoms with Gasteiger partial charge in [-0.3, -0.25) is 0 Å². The first-order valence-corrected chi connectivity index (χ1v) is 11.6. The fourth-order valence-electron chi connectivity index (χ4n) is 3.34. The van der Waals surface area contributed by atoms with Crippen LogP contribution in [0.3, 0.4) is 0 Å². The molecule has 6 heteroatoms. The van der Waals surface area contributed by atoms with Gasteiger partial charge in [-0.1, -0.05) is 66.2 Å². The molecule has 2 unspecified atom stereocenters. The number of ether oxygens (including phenoxy) is 2. The van der Waals surface area contributed by atoms with Crippen LogP contribution in [0.2, 0.25) is 0 Å². The van der Waals surface area contributed by atoms with Gasteiger partial charge in [-0.2, -0.15) is 0 Å². The maximum atomic E-state index is 12.6. The summed E-state index contributed by atoms with van der Waals surface area (Å²) in [5.41, 5.74) is -0.0390. The molecule has 0 aliphatic rings. The molecular formula is C25H38O6. The molecule has 2 atom stereocenters. The summed E-state index contributed by atoms with van der Waals surface area (Å²) in [4.78, 5) is 36.6. The fourth-order valence-corrected chi connectivity index (χ4v) is 3.34. The number of carboxylic acids is 1. The number of rotatable bonds is 15. The third-order valence-electron chi connectivity index (χ3n) is 5.64. The minimum atomic E-state index is -1.22. The lowest BCUT2D eigenvalue weighted by molar-refractivity contribution is 0.0426. The third-order valence-corrected chi connectivity index (χ3v) is 5.64. The summed E-state index contributed by atoms with van der Waals surface area (Å²) in [7, 11) is 0. The number of carbonyl (C=O) groups excluding carboxylic acids is 2. The van der Waals surface area contributed by atoms with Gasteiger partial charge < -0.3 is 14.6 Å². The van der Waals surface area contributed by atoms with E-state index < -0.39 is 17.9 Å². The summed E-state index contributed by atoms with van der Waals surface area (Å²) >= 11 is 0. The number of unbranched alkanes of at least 4 members (excludes halogenated alkanes) is 2. The van der Waals surface area contributed by atoms with E-state index in [2.05, 4.69) is 27.7 Å². The zero-order chi connectivity index (χ0) is 23.2. The Morgan fingerprint density at radius 1 is 0.742 bits per heavy atom. The lowest BCUT2D eigenvalue weighted by Gasteiger charge is -2.16. The molecule has 0 spiro atoms. The maximum absolute atomic E-state index is 12.6. The zero-order valence-electron chi connectivity index (χ0n) is 19.4. The number of hydrogen-bond acceptors (Lipinski definition) is 5. The van der Waals surface area contributed by atoms with Crippen LogP contribution in [0.25, 0.3) is 0 Å². The number of hydrogen-bond donors (Lipinski definition) is 1. The van der Waals surface area contributed by atoms with Gasteiger partial charge in [-0.05, 0) is 42.9 Å². The molecule has 31 heavy (non-hydrogen) atoms. The number of benzene rings is 1. The average Bonchev–Trinajstić information content (AvgIpc) is 2.78. The highest BCUT2D eigenvalue weighted by Gasteiger charge is 2.19. The van der Waals surface area contributed by atoms with Gasteiger partial charge in [0.25, 0.3) is 0 Å². The third kappa shape index (κ3) is 9.53. The first kappa shape index (κ1) is 26.7. The van der Waals surface area contributed by atoms with Gasteiger partial charge in [-0.25, -0.2) is 14.4 Å². The van der Waals surface area contributed by atoms with Crippen molar-refractivity contribution in [1.29, 1.82) is 0 Å². The molecule has 0 amide bonds. The van der Waals surface area contributed by atoms with Crippen LogP contribution in [-0.2, 0) is 9.47 Å². The number of aromatic carboxylic acids is 1. The van der Waals surface area contributed by atoms with Crippen LogP contribution in [-0.4, -0.2) is 36.2 Å². The molecule has 1 rings (SSSR count). The Morgan fingerprint density at radius 2 is 1.13 bits per heavy atom. The lowest BCUT2D eigenvalue weighted by atomic mass is 10.0. The van der Waals surface area contributed by atoms with Crippen LogP contribution in [0, 0.1) is 11.8 Å². The van der Waals surface area contributed by atoms with E-state index in [0.717, 1.165) is 51.4 Å². The van der Waals surface area contributed by atoms with E-state index in [1.54, 1.807) is 0 Å². The Labute approximate surface area is 186 Å². The van der Waals surface area contributed by atoms with Crippen LogP contribution in [0.15, 0.2) is 18.2 Å². The highest BCUT2D eigenvalue weighted by Crippen LogP contribution is 2.18. The van der Waals surface area contributed by atoms with Crippen molar-refractivity contribution in [3.63, 3.8) is 0 Å². The van der Waals surface area contributed by atoms with E-state index in [4.69, 9.17) is 9.47 Å². The summed E-state index contributed by atoms with van der Waals surface area (Å²) in [6.07, 6.45) is 8.04. The Morgan fingerprint density at radius 3 is 1.45 bits per heavy atom. The molecule has 1 N–H and O–H groups in total. The lowest BCUT2D eigenvalue weighted by Crippen LogP contribution is -2.17. The molecule has 174 valence electrons. The van der Waals surface area contributed by atoms with Crippen LogP contribution >= 0.6 is 0 Å². The van der Waals surface area contributed by atoms with Crippen LogP contribution in [0.4, 0.5) is 0 Å². The van der Waals surface area contributed by atoms with Gasteiger partial charge >= 0.3 is 17.9 Å². The predicted molar refractivity (Wildman–Crippen MR) is 121 cm³/mol. The van der Waals surface area contributed by atoms with E-state index in [-0.39, 0.29) is 41.7 Å². The number of carbonyl (C=O) groups is 3. The summed E-state index contributed by atoms with van der Waals surface area (Å²) in [6, 6.07) is 3.84. The van der Waals surface area contributed by atoms with E-state index in [1.165, 1.54) is 18.2 Å². The molecule has 0 bridgehead atoms. The van der Waals surface area contributed by atoms with Gasteiger partial charge in [0.2, 0.25) is 0 Å². The van der Waals surface area contributed by atoms with Crippen LogP contribution in [0.1, 0.15) is 110 Å². The second kappa shape index (κ2) is 14.6. The van der Waals surface area contributed by atoms with E-state index in [0.29, 0.717) is 0 Å². The van der Waals surface area contributed by atoms with E-state index >= 15 is 0 Å². The Balaban J connectivity index is 2.89. The standard InChI is InChI=1S/C25H38O6/c1-5-9-11-18(7-3)16-30-24(28)21-13-20(23(26)27)14-22(15-21)25(29)31-17-19(8-4)12-10-6-2/h13-15,18-19H,5-12,16-17H2,1-4H3,(H,26,27). The van der Waals surface area contributed by atoms with Crippen molar-refractivity contribution in [1.82, 2.24) is 0 Å². The van der Waals surface area contributed by atoms with E-state index in [1.807, 2.05) is 0 Å². The molecule has 0 aromatic heterocycles. The summed E-state index contributed by atoms with van der Waals surface area (Å²) < 4.78 is 10.8. The minimum absolute atomic E-state index is 0.0511. The van der Waals surface area contributed by atoms with Crippen LogP contribution in [0.5, 0.6) is 0 Å². The van der Waals surface area contributed by atoms with Gasteiger partial charge in [0, 0.05) is 0 Å². The van der Waals surface area contributed by atoms with Crippen molar-refractivity contribution in [2.45, 2.75) is 79.1 Å². The minimum Gasteiger partial charge on any atom is -0.478 e. The molecule has 6 nitrogen and oxygen atoms in total. The molecule has 0 fully saturated rings. The predicted octanol–water partition coefficient (Wildman–Crippen LogP) is 6.13. The van der Waals surface area contributed by atoms with Crippen molar-refractivity contribution in [2.75, 3.05) is 13.2 Å². The molecule has 0 saturated carbocycles. The van der Waals surface area contributed by atoms with Crippen LogP contribution < -0.4 is 0 Å². The second-order valence-electron chi connectivity index (χ2n) is 8.13. The highest BCUT2D eigenvalue weighted by molar-refractivity contribution is 6.00. The van der Waals surface area contributed by atoms with Gasteiger partial charge in [0.05, 0.1) is 29.9 Å². The van der Waals surface area contributed by atoms with Gasteiger partial charge in [0.15, 0.2) is 0 Å². The van der Waals surface area contributed by atoms with Crippen molar-refractivity contribution in [3.8, 4) is 0 Å². The maximum Gasteiger partial charge on any atom is 0.338 e. The number of carboxylic acid groups (broad SMARTS) is 1. The summed E-state index contributed by atoms with van der Waals surface area (Å²) in [5.74, 6) is -1.93. The second-order valence-corrected chi connectivity index (χ2v) is 8.13. The molecule has 0 heterocycles. The van der Waals surface area contributed by atoms with Crippen molar-refractivity contribution < 1.29 is 29.0 Å². The normalized spacial score (nSPS) is 12.8. The molecule has 1 aromatic rings. The van der Waals surface area contributed by atoms with Gasteiger partial charge in [-0.15, -0.1) is 0 Å². The first-order chi connectivity index (χ1) is 14.9. The monoisotopic (exact) mass is 434 g/mol. The Kier molecular flexibility index (Phi) is 12.6. The Bertz CT molecular complexity index is 662. The fraction of sp³-hybridized carbons (Fsp3) is 0.640. The first-order valence-electron chi connectivity index (χ1n) is 11.6. The summed E-state index contributed by atoms with van der Waals surface area (Å²) in [5, 5.41) is 9.40. The quantitative estimate of drug-likeness (QED) is 0.334. The molecule has 0 aliphatic heterocycles. The zero-order valence-corrected chi connectivity index (χ0v) is 19.4. The highest BCUT2D eigenvalue weighted by atomic mass is 16.5. The van der Waals surface area contributed by atoms with Crippen molar-refractivity contribution in [2.24, 2.45) is 11.8 Å². The SMILES string of the molecule is CCCCC(CC)COC(=O)c1cc(C(=O)O)cc(C(=O)OCC(CC)CCCC)c1. The smallest absolute Gasteiger partial charge is 0.338 e. The largest absolute Gasteiger partial charge is 0.478 e. The van der Waals surface area contributed by atoms with Crippen molar-refractivity contribution in [3.05, 3.63) is 34.9 Å². The number of esters is 2. The molecule has 0 radical (unpaired) electrons. The Hall–Kier alpha value is -2.37. The molecule has 0 saturated heterocycles. The molecule has 1 aromatic carbocycles. The van der Waals surface area contributed by atoms with Crippen molar-refractivity contribution >= 4 is 17.9 Å². The molecular weight excluding hydrogens is 396 g/mol. The average molecular weight is 435 g/mol. The summed E-state index contributed by atoms with van der Waals surface area (Å²) in [6.45, 7) is 8.89. The van der Waals surface area contributed by atoms with E-state index in [9.17, 15) is 19.5 Å². The van der Waals surface area contributed by atoms with Gasteiger partial charge in [0.1, 0.15) is 0 Å². The molecule has 0 aliphatic carbocycles. The topological polar surface area (TPSA) is 89.9 Å².